The molecule has 6 nitrogen and oxygen atoms in total. The van der Waals surface area contributed by atoms with Crippen molar-refractivity contribution in [1.29, 1.82) is 0 Å². The van der Waals surface area contributed by atoms with Crippen molar-refractivity contribution in [1.82, 2.24) is 10.2 Å². The maximum absolute atomic E-state index is 12.6. The lowest BCUT2D eigenvalue weighted by molar-refractivity contribution is -0.140. The molecule has 0 unspecified atom stereocenters. The predicted molar refractivity (Wildman–Crippen MR) is 92.4 cm³/mol. The van der Waals surface area contributed by atoms with Crippen molar-refractivity contribution in [3.05, 3.63) is 42.0 Å². The Morgan fingerprint density at radius 3 is 2.12 bits per heavy atom. The van der Waals surface area contributed by atoms with Crippen LogP contribution in [0.3, 0.4) is 0 Å². The van der Waals surface area contributed by atoms with Crippen molar-refractivity contribution in [3.8, 4) is 0 Å². The Hall–Kier alpha value is -2.63. The van der Waals surface area contributed by atoms with Crippen molar-refractivity contribution in [3.63, 3.8) is 0 Å². The zero-order chi connectivity index (χ0) is 17.6. The number of anilines is 1. The molecule has 4 amide bonds. The first-order chi connectivity index (χ1) is 12.0. The van der Waals surface area contributed by atoms with Gasteiger partial charge in [0, 0.05) is 5.69 Å². The number of allylic oxidation sites excluding steroid dienone is 2. The first kappa shape index (κ1) is 15.9. The minimum atomic E-state index is -0.430. The molecule has 0 aromatic heterocycles. The van der Waals surface area contributed by atoms with E-state index in [-0.39, 0.29) is 42.2 Å². The Bertz CT molecular complexity index is 724. The average Bonchev–Trinajstić information content (AvgIpc) is 2.89. The molecule has 25 heavy (non-hydrogen) atoms. The SMILES string of the molecule is Cc1ccc(NC(=O)NCN2C(=O)[C@@H]3[C@H](C2=O)[C@H]2C=C[C@H]3CC2)cc1. The first-order valence-corrected chi connectivity index (χ1v) is 8.69. The first-order valence-electron chi connectivity index (χ1n) is 8.69. The number of hydrogen-bond acceptors (Lipinski definition) is 3. The number of nitrogens with one attached hydrogen (secondary N) is 2. The van der Waals surface area contributed by atoms with Crippen LogP contribution in [0.5, 0.6) is 0 Å². The van der Waals surface area contributed by atoms with Gasteiger partial charge in [-0.15, -0.1) is 0 Å². The van der Waals surface area contributed by atoms with E-state index in [2.05, 4.69) is 22.8 Å². The van der Waals surface area contributed by atoms with Crippen LogP contribution in [0.4, 0.5) is 10.5 Å². The Morgan fingerprint density at radius 2 is 1.60 bits per heavy atom. The lowest BCUT2D eigenvalue weighted by Gasteiger charge is -2.38. The highest BCUT2D eigenvalue weighted by molar-refractivity contribution is 6.06. The van der Waals surface area contributed by atoms with Gasteiger partial charge in [0.1, 0.15) is 6.67 Å². The number of carbonyl (C=O) groups excluding carboxylic acids is 3. The maximum Gasteiger partial charge on any atom is 0.320 e. The number of imide groups is 1. The monoisotopic (exact) mass is 339 g/mol. The van der Waals surface area contributed by atoms with Gasteiger partial charge in [-0.1, -0.05) is 29.8 Å². The van der Waals surface area contributed by atoms with E-state index in [0.29, 0.717) is 5.69 Å². The second-order valence-electron chi connectivity index (χ2n) is 7.10. The standard InChI is InChI=1S/C19H21N3O3/c1-11-2-8-14(9-3-11)21-19(25)20-10-22-17(23)15-12-4-5-13(7-6-12)16(15)18(22)24/h2-5,8-9,12-13,15-16H,6-7,10H2,1H3,(H2,20,21,25)/t12-,13-,15-,16+/m0/s1. The third-order valence-corrected chi connectivity index (χ3v) is 5.56. The van der Waals surface area contributed by atoms with E-state index in [9.17, 15) is 14.4 Å². The van der Waals surface area contributed by atoms with Crippen molar-refractivity contribution in [2.45, 2.75) is 19.8 Å². The highest BCUT2D eigenvalue weighted by Crippen LogP contribution is 2.49. The second kappa shape index (κ2) is 6.02. The molecule has 6 heteroatoms. The minimum Gasteiger partial charge on any atom is -0.320 e. The van der Waals surface area contributed by atoms with E-state index in [1.165, 1.54) is 4.90 Å². The fourth-order valence-corrected chi connectivity index (χ4v) is 4.25. The van der Waals surface area contributed by atoms with E-state index >= 15 is 0 Å². The molecule has 1 heterocycles. The van der Waals surface area contributed by atoms with Crippen LogP contribution in [0.15, 0.2) is 36.4 Å². The molecule has 2 bridgehead atoms. The number of likely N-dealkylation sites (tertiary alicyclic amines) is 1. The molecule has 1 saturated heterocycles. The molecular weight excluding hydrogens is 318 g/mol. The lowest BCUT2D eigenvalue weighted by atomic mass is 9.63. The summed E-state index contributed by atoms with van der Waals surface area (Å²) in [4.78, 5) is 38.5. The summed E-state index contributed by atoms with van der Waals surface area (Å²) < 4.78 is 0. The summed E-state index contributed by atoms with van der Waals surface area (Å²) in [5.41, 5.74) is 1.77. The topological polar surface area (TPSA) is 78.5 Å². The Kier molecular flexibility index (Phi) is 3.82. The third-order valence-electron chi connectivity index (χ3n) is 5.56. The van der Waals surface area contributed by atoms with Crippen LogP contribution >= 0.6 is 0 Å². The lowest BCUT2D eigenvalue weighted by Crippen LogP contribution is -2.43. The van der Waals surface area contributed by atoms with Gasteiger partial charge in [-0.3, -0.25) is 14.5 Å². The molecule has 130 valence electrons. The van der Waals surface area contributed by atoms with Gasteiger partial charge in [0.15, 0.2) is 0 Å². The molecule has 4 atom stereocenters. The van der Waals surface area contributed by atoms with Crippen LogP contribution in [0.25, 0.3) is 0 Å². The minimum absolute atomic E-state index is 0.0815. The molecule has 1 aromatic carbocycles. The van der Waals surface area contributed by atoms with E-state index in [1.54, 1.807) is 12.1 Å². The van der Waals surface area contributed by atoms with Gasteiger partial charge in [-0.05, 0) is 43.7 Å². The highest BCUT2D eigenvalue weighted by Gasteiger charge is 2.56. The smallest absolute Gasteiger partial charge is 0.320 e. The largest absolute Gasteiger partial charge is 0.320 e. The van der Waals surface area contributed by atoms with Crippen LogP contribution in [0, 0.1) is 30.6 Å². The van der Waals surface area contributed by atoms with Crippen molar-refractivity contribution < 1.29 is 14.4 Å². The maximum atomic E-state index is 12.6. The molecule has 5 rings (SSSR count). The molecule has 0 spiro atoms. The van der Waals surface area contributed by atoms with Gasteiger partial charge in [0.05, 0.1) is 11.8 Å². The number of carbonyl (C=O) groups is 3. The molecule has 1 aromatic rings. The van der Waals surface area contributed by atoms with Crippen LogP contribution in [0.1, 0.15) is 18.4 Å². The summed E-state index contributed by atoms with van der Waals surface area (Å²) in [7, 11) is 0. The summed E-state index contributed by atoms with van der Waals surface area (Å²) in [6, 6.07) is 6.98. The van der Waals surface area contributed by atoms with Crippen molar-refractivity contribution in [2.24, 2.45) is 23.7 Å². The third kappa shape index (κ3) is 2.71. The van der Waals surface area contributed by atoms with Crippen molar-refractivity contribution in [2.75, 3.05) is 12.0 Å². The molecule has 3 aliphatic carbocycles. The van der Waals surface area contributed by atoms with Crippen molar-refractivity contribution >= 4 is 23.5 Å². The highest BCUT2D eigenvalue weighted by atomic mass is 16.2. The summed E-state index contributed by atoms with van der Waals surface area (Å²) in [5, 5.41) is 5.33. The van der Waals surface area contributed by atoms with E-state index in [1.807, 2.05) is 19.1 Å². The van der Waals surface area contributed by atoms with Gasteiger partial charge >= 0.3 is 6.03 Å². The summed E-state index contributed by atoms with van der Waals surface area (Å²) in [6.45, 7) is 1.89. The van der Waals surface area contributed by atoms with E-state index < -0.39 is 6.03 Å². The van der Waals surface area contributed by atoms with E-state index in [0.717, 1.165) is 18.4 Å². The normalized spacial score (nSPS) is 29.7. The number of amides is 4. The quantitative estimate of drug-likeness (QED) is 0.655. The summed E-state index contributed by atoms with van der Waals surface area (Å²) in [6.07, 6.45) is 6.11. The number of urea groups is 1. The number of fused-ring (bicyclic) bond motifs is 1. The molecule has 1 saturated carbocycles. The number of aryl methyl sites for hydroxylation is 1. The fraction of sp³-hybridized carbons (Fsp3) is 0.421. The zero-order valence-corrected chi connectivity index (χ0v) is 14.1. The van der Waals surface area contributed by atoms with E-state index in [4.69, 9.17) is 0 Å². The number of hydrogen-bond donors (Lipinski definition) is 2. The summed E-state index contributed by atoms with van der Waals surface area (Å²) in [5.74, 6) is -0.443. The zero-order valence-electron chi connectivity index (χ0n) is 14.1. The van der Waals surface area contributed by atoms with Crippen LogP contribution in [-0.4, -0.2) is 29.4 Å². The number of benzene rings is 1. The van der Waals surface area contributed by atoms with Gasteiger partial charge in [0.25, 0.3) is 0 Å². The van der Waals surface area contributed by atoms with Crippen LogP contribution in [-0.2, 0) is 9.59 Å². The Balaban J connectivity index is 1.38. The van der Waals surface area contributed by atoms with Crippen LogP contribution in [0.2, 0.25) is 0 Å². The average molecular weight is 339 g/mol. The second-order valence-corrected chi connectivity index (χ2v) is 7.10. The van der Waals surface area contributed by atoms with Gasteiger partial charge in [-0.25, -0.2) is 4.79 Å². The van der Waals surface area contributed by atoms with Gasteiger partial charge < -0.3 is 10.6 Å². The number of nitrogens with zero attached hydrogens (tertiary/aromatic N) is 1. The molecular formula is C19H21N3O3. The Morgan fingerprint density at radius 1 is 1.04 bits per heavy atom. The predicted octanol–water partition coefficient (Wildman–Crippen LogP) is 2.27. The number of rotatable bonds is 3. The molecule has 1 aliphatic heterocycles. The molecule has 4 aliphatic rings. The molecule has 2 N–H and O–H groups in total. The van der Waals surface area contributed by atoms with Gasteiger partial charge in [-0.2, -0.15) is 0 Å². The molecule has 2 fully saturated rings. The van der Waals surface area contributed by atoms with Crippen LogP contribution < -0.4 is 10.6 Å². The fourth-order valence-electron chi connectivity index (χ4n) is 4.25. The van der Waals surface area contributed by atoms with Gasteiger partial charge in [0.2, 0.25) is 11.8 Å². The molecule has 0 radical (unpaired) electrons. The summed E-state index contributed by atoms with van der Waals surface area (Å²) >= 11 is 0. The Labute approximate surface area is 146 Å².